The quantitative estimate of drug-likeness (QED) is 0.588. The Morgan fingerprint density at radius 2 is 2.33 bits per heavy atom. The highest BCUT2D eigenvalue weighted by Crippen LogP contribution is 2.14. The fourth-order valence-electron chi connectivity index (χ4n) is 0.961. The number of carbonyl (C=O) groups is 2. The molecule has 2 amide bonds. The minimum atomic E-state index is -1.03. The van der Waals surface area contributed by atoms with Crippen LogP contribution in [0.2, 0.25) is 0 Å². The van der Waals surface area contributed by atoms with Crippen molar-refractivity contribution in [3.8, 4) is 0 Å². The summed E-state index contributed by atoms with van der Waals surface area (Å²) in [6.07, 6.45) is -1.41. The van der Waals surface area contributed by atoms with Gasteiger partial charge in [0.05, 0.1) is 7.11 Å². The topological polar surface area (TPSA) is 78.9 Å². The van der Waals surface area contributed by atoms with Crippen LogP contribution in [0.4, 0.5) is 9.59 Å². The minimum Gasteiger partial charge on any atom is -0.465 e. The Bertz CT molecular complexity index is 206. The van der Waals surface area contributed by atoms with Crippen LogP contribution in [0, 0.1) is 0 Å². The van der Waals surface area contributed by atoms with Gasteiger partial charge >= 0.3 is 12.2 Å². The Balaban J connectivity index is 2.34. The molecule has 1 rings (SSSR count). The summed E-state index contributed by atoms with van der Waals surface area (Å²) in [5.74, 6) is 0. The largest absolute Gasteiger partial charge is 0.465 e. The highest BCUT2D eigenvalue weighted by molar-refractivity contribution is 5.70. The number of methoxy groups -OCH3 is 1. The van der Waals surface area contributed by atoms with E-state index in [0.29, 0.717) is 13.0 Å². The van der Waals surface area contributed by atoms with Crippen molar-refractivity contribution in [3.63, 3.8) is 0 Å². The first-order chi connectivity index (χ1) is 5.65. The Labute approximate surface area is 69.1 Å². The number of hydrogen-bond donors (Lipinski definition) is 2. The second-order valence-corrected chi connectivity index (χ2v) is 2.42. The van der Waals surface area contributed by atoms with Gasteiger partial charge in [-0.1, -0.05) is 0 Å². The molecule has 0 bridgehead atoms. The highest BCUT2D eigenvalue weighted by atomic mass is 16.5. The van der Waals surface area contributed by atoms with E-state index < -0.39 is 18.4 Å². The number of carbonyl (C=O) groups excluding carboxylic acids is 1. The van der Waals surface area contributed by atoms with Crippen LogP contribution in [-0.4, -0.2) is 42.0 Å². The number of amides is 2. The molecule has 1 aliphatic heterocycles. The molecule has 1 aliphatic rings. The van der Waals surface area contributed by atoms with Crippen LogP contribution in [0.1, 0.15) is 6.42 Å². The smallest absolute Gasteiger partial charge is 0.408 e. The van der Waals surface area contributed by atoms with Crippen LogP contribution >= 0.6 is 0 Å². The summed E-state index contributed by atoms with van der Waals surface area (Å²) in [6.45, 7) is 0.462. The molecule has 6 heteroatoms. The van der Waals surface area contributed by atoms with E-state index >= 15 is 0 Å². The fourth-order valence-corrected chi connectivity index (χ4v) is 0.961. The molecule has 12 heavy (non-hydrogen) atoms. The number of nitrogens with one attached hydrogen (secondary N) is 1. The van der Waals surface area contributed by atoms with Crippen LogP contribution in [0.15, 0.2) is 0 Å². The minimum absolute atomic E-state index is 0.421. The van der Waals surface area contributed by atoms with Gasteiger partial charge in [0, 0.05) is 13.0 Å². The number of hydrogen-bond acceptors (Lipinski definition) is 3. The molecule has 68 valence electrons. The molecule has 0 radical (unpaired) electrons. The maximum Gasteiger partial charge on any atom is 0.408 e. The van der Waals surface area contributed by atoms with Crippen LogP contribution in [-0.2, 0) is 4.74 Å². The lowest BCUT2D eigenvalue weighted by Crippen LogP contribution is -2.59. The zero-order valence-electron chi connectivity index (χ0n) is 6.61. The van der Waals surface area contributed by atoms with Gasteiger partial charge in [0.25, 0.3) is 0 Å². The van der Waals surface area contributed by atoms with E-state index in [-0.39, 0.29) is 0 Å². The van der Waals surface area contributed by atoms with Crippen molar-refractivity contribution in [3.05, 3.63) is 0 Å². The van der Waals surface area contributed by atoms with Crippen molar-refractivity contribution in [2.24, 2.45) is 0 Å². The van der Waals surface area contributed by atoms with Crippen LogP contribution in [0.5, 0.6) is 0 Å². The molecule has 1 atom stereocenters. The molecule has 1 unspecified atom stereocenters. The van der Waals surface area contributed by atoms with E-state index in [2.05, 4.69) is 10.1 Å². The third kappa shape index (κ3) is 1.58. The number of carboxylic acid groups (broad SMARTS) is 1. The van der Waals surface area contributed by atoms with E-state index in [1.54, 1.807) is 0 Å². The molecule has 6 nitrogen and oxygen atoms in total. The van der Waals surface area contributed by atoms with Gasteiger partial charge in [-0.2, -0.15) is 0 Å². The SMILES string of the molecule is COC(=O)NC1CCN1C(=O)O. The van der Waals surface area contributed by atoms with E-state index in [9.17, 15) is 9.59 Å². The van der Waals surface area contributed by atoms with Crippen molar-refractivity contribution in [2.45, 2.75) is 12.6 Å². The van der Waals surface area contributed by atoms with Crippen molar-refractivity contribution >= 4 is 12.2 Å². The molecule has 1 heterocycles. The molecular formula is C6H10N2O4. The molecule has 0 saturated carbocycles. The second-order valence-electron chi connectivity index (χ2n) is 2.42. The van der Waals surface area contributed by atoms with Crippen molar-refractivity contribution in [1.29, 1.82) is 0 Å². The predicted octanol–water partition coefficient (Wildman–Crippen LogP) is 0.0522. The van der Waals surface area contributed by atoms with Gasteiger partial charge in [0.1, 0.15) is 6.17 Å². The van der Waals surface area contributed by atoms with E-state index in [1.807, 2.05) is 0 Å². The van der Waals surface area contributed by atoms with Gasteiger partial charge in [0.15, 0.2) is 0 Å². The lowest BCUT2D eigenvalue weighted by molar-refractivity contribution is 0.0567. The zero-order chi connectivity index (χ0) is 9.14. The average Bonchev–Trinajstić information content (AvgIpc) is 1.96. The normalized spacial score (nSPS) is 21.1. The molecule has 2 N–H and O–H groups in total. The monoisotopic (exact) mass is 174 g/mol. The van der Waals surface area contributed by atoms with Crippen LogP contribution in [0.25, 0.3) is 0 Å². The molecule has 0 aromatic rings. The first kappa shape index (κ1) is 8.63. The Kier molecular flexibility index (Phi) is 2.37. The van der Waals surface area contributed by atoms with E-state index in [1.165, 1.54) is 7.11 Å². The summed E-state index contributed by atoms with van der Waals surface area (Å²) >= 11 is 0. The first-order valence-electron chi connectivity index (χ1n) is 3.49. The Hall–Kier alpha value is -1.46. The molecule has 1 saturated heterocycles. The highest BCUT2D eigenvalue weighted by Gasteiger charge is 2.33. The van der Waals surface area contributed by atoms with Crippen molar-refractivity contribution in [2.75, 3.05) is 13.7 Å². The van der Waals surface area contributed by atoms with Gasteiger partial charge < -0.3 is 15.2 Å². The van der Waals surface area contributed by atoms with Gasteiger partial charge in [0.2, 0.25) is 0 Å². The predicted molar refractivity (Wildman–Crippen MR) is 38.7 cm³/mol. The lowest BCUT2D eigenvalue weighted by Gasteiger charge is -2.38. The fraction of sp³-hybridized carbons (Fsp3) is 0.667. The molecular weight excluding hydrogens is 164 g/mol. The van der Waals surface area contributed by atoms with Gasteiger partial charge in [-0.3, -0.25) is 4.90 Å². The van der Waals surface area contributed by atoms with Crippen LogP contribution in [0.3, 0.4) is 0 Å². The van der Waals surface area contributed by atoms with E-state index in [0.717, 1.165) is 4.90 Å². The van der Waals surface area contributed by atoms with Gasteiger partial charge in [-0.25, -0.2) is 9.59 Å². The van der Waals surface area contributed by atoms with E-state index in [4.69, 9.17) is 5.11 Å². The third-order valence-corrected chi connectivity index (χ3v) is 1.74. The number of rotatable bonds is 1. The Morgan fingerprint density at radius 3 is 2.67 bits per heavy atom. The number of alkyl carbamates (subject to hydrolysis) is 1. The summed E-state index contributed by atoms with van der Waals surface area (Å²) in [4.78, 5) is 22.2. The first-order valence-corrected chi connectivity index (χ1v) is 3.49. The number of ether oxygens (including phenoxy) is 1. The number of nitrogens with zero attached hydrogens (tertiary/aromatic N) is 1. The molecule has 0 spiro atoms. The zero-order valence-corrected chi connectivity index (χ0v) is 6.61. The van der Waals surface area contributed by atoms with Gasteiger partial charge in [-0.15, -0.1) is 0 Å². The average molecular weight is 174 g/mol. The summed E-state index contributed by atoms with van der Waals surface area (Å²) in [5, 5.41) is 10.9. The maximum atomic E-state index is 10.6. The molecule has 0 aromatic carbocycles. The van der Waals surface area contributed by atoms with Crippen molar-refractivity contribution in [1.82, 2.24) is 10.2 Å². The Morgan fingerprint density at radius 1 is 1.67 bits per heavy atom. The number of likely N-dealkylation sites (tertiary alicyclic amines) is 1. The summed E-state index contributed by atoms with van der Waals surface area (Å²) < 4.78 is 4.32. The molecule has 0 aliphatic carbocycles. The summed E-state index contributed by atoms with van der Waals surface area (Å²) in [5.41, 5.74) is 0. The molecule has 0 aromatic heterocycles. The lowest BCUT2D eigenvalue weighted by atomic mass is 10.2. The second kappa shape index (κ2) is 3.29. The van der Waals surface area contributed by atoms with Gasteiger partial charge in [-0.05, 0) is 0 Å². The van der Waals surface area contributed by atoms with Crippen molar-refractivity contribution < 1.29 is 19.4 Å². The summed E-state index contributed by atoms with van der Waals surface area (Å²) in [7, 11) is 1.24. The standard InChI is InChI=1S/C6H10N2O4/c1-12-5(9)7-4-2-3-8(4)6(10)11/h4H,2-3H2,1H3,(H,7,9)(H,10,11). The summed E-state index contributed by atoms with van der Waals surface area (Å²) in [6, 6.07) is 0. The third-order valence-electron chi connectivity index (χ3n) is 1.74. The maximum absolute atomic E-state index is 10.6. The van der Waals surface area contributed by atoms with Crippen LogP contribution < -0.4 is 5.32 Å². The molecule has 1 fully saturated rings.